The van der Waals surface area contributed by atoms with E-state index in [0.717, 1.165) is 30.1 Å². The summed E-state index contributed by atoms with van der Waals surface area (Å²) in [6.45, 7) is 5.94. The molecule has 0 fully saturated rings. The Labute approximate surface area is 124 Å². The molecule has 4 nitrogen and oxygen atoms in total. The van der Waals surface area contributed by atoms with E-state index in [4.69, 9.17) is 4.98 Å². The van der Waals surface area contributed by atoms with Crippen LogP contribution in [-0.2, 0) is 13.1 Å². The number of rotatable bonds is 5. The fourth-order valence-corrected chi connectivity index (χ4v) is 2.59. The molecule has 0 unspecified atom stereocenters. The van der Waals surface area contributed by atoms with Crippen LogP contribution >= 0.6 is 0 Å². The highest BCUT2D eigenvalue weighted by molar-refractivity contribution is 5.75. The minimum absolute atomic E-state index is 0.205. The molecule has 2 heterocycles. The lowest BCUT2D eigenvalue weighted by Crippen LogP contribution is -2.21. The number of fused-ring (bicyclic) bond motifs is 1. The number of nitrogens with one attached hydrogen (secondary N) is 1. The molecule has 0 aliphatic carbocycles. The molecule has 0 saturated carbocycles. The van der Waals surface area contributed by atoms with Crippen LogP contribution in [0.15, 0.2) is 48.7 Å². The van der Waals surface area contributed by atoms with Crippen LogP contribution in [0, 0.1) is 0 Å². The quantitative estimate of drug-likeness (QED) is 0.779. The average Bonchev–Trinajstić information content (AvgIpc) is 2.91. The molecule has 0 amide bonds. The predicted molar refractivity (Wildman–Crippen MR) is 84.9 cm³/mol. The average molecular weight is 280 g/mol. The predicted octanol–water partition coefficient (Wildman–Crippen LogP) is 3.30. The molecule has 0 bridgehead atoms. The number of aromatic nitrogens is 3. The standard InChI is InChI=1S/C17H20N4/c1-3-21-16-10-5-4-9-15(16)20-17(21)12-19-13(2)14-8-6-7-11-18-14/h4-11,13,19H,3,12H2,1-2H3/t13-/m1/s1. The smallest absolute Gasteiger partial charge is 0.123 e. The number of para-hydroxylation sites is 2. The molecule has 2 aromatic heterocycles. The van der Waals surface area contributed by atoms with E-state index in [2.05, 4.69) is 46.9 Å². The zero-order valence-electron chi connectivity index (χ0n) is 12.5. The largest absolute Gasteiger partial charge is 0.327 e. The zero-order chi connectivity index (χ0) is 14.7. The molecule has 0 saturated heterocycles. The lowest BCUT2D eigenvalue weighted by atomic mass is 10.2. The van der Waals surface area contributed by atoms with Crippen LogP contribution in [0.1, 0.15) is 31.4 Å². The molecule has 0 spiro atoms. The van der Waals surface area contributed by atoms with Gasteiger partial charge in [0, 0.05) is 18.8 Å². The van der Waals surface area contributed by atoms with Crippen molar-refractivity contribution in [2.75, 3.05) is 0 Å². The van der Waals surface area contributed by atoms with Crippen LogP contribution in [0.5, 0.6) is 0 Å². The first-order valence-corrected chi connectivity index (χ1v) is 7.38. The Morgan fingerprint density at radius 1 is 1.14 bits per heavy atom. The van der Waals surface area contributed by atoms with E-state index in [1.54, 1.807) is 0 Å². The van der Waals surface area contributed by atoms with Gasteiger partial charge in [0.1, 0.15) is 5.82 Å². The number of hydrogen-bond acceptors (Lipinski definition) is 3. The molecular formula is C17H20N4. The van der Waals surface area contributed by atoms with Gasteiger partial charge in [0.15, 0.2) is 0 Å². The number of imidazole rings is 1. The molecule has 0 aliphatic rings. The Morgan fingerprint density at radius 2 is 1.95 bits per heavy atom. The van der Waals surface area contributed by atoms with Crippen molar-refractivity contribution >= 4 is 11.0 Å². The van der Waals surface area contributed by atoms with Crippen LogP contribution in [0.25, 0.3) is 11.0 Å². The summed E-state index contributed by atoms with van der Waals surface area (Å²) in [6.07, 6.45) is 1.83. The van der Waals surface area contributed by atoms with Crippen LogP contribution in [0.2, 0.25) is 0 Å². The number of pyridine rings is 1. The third kappa shape index (κ3) is 2.81. The second-order valence-electron chi connectivity index (χ2n) is 5.12. The molecule has 4 heteroatoms. The van der Waals surface area contributed by atoms with Crippen LogP contribution in [0.4, 0.5) is 0 Å². The molecule has 1 aromatic carbocycles. The maximum Gasteiger partial charge on any atom is 0.123 e. The van der Waals surface area contributed by atoms with Crippen LogP contribution in [0.3, 0.4) is 0 Å². The van der Waals surface area contributed by atoms with Gasteiger partial charge in [-0.15, -0.1) is 0 Å². The highest BCUT2D eigenvalue weighted by atomic mass is 15.1. The van der Waals surface area contributed by atoms with Crippen molar-refractivity contribution in [1.82, 2.24) is 19.9 Å². The number of nitrogens with zero attached hydrogens (tertiary/aromatic N) is 3. The van der Waals surface area contributed by atoms with Crippen molar-refractivity contribution in [2.45, 2.75) is 33.0 Å². The summed E-state index contributed by atoms with van der Waals surface area (Å²) in [4.78, 5) is 9.12. The Hall–Kier alpha value is -2.20. The van der Waals surface area contributed by atoms with Gasteiger partial charge < -0.3 is 9.88 Å². The van der Waals surface area contributed by atoms with E-state index in [0.29, 0.717) is 0 Å². The normalized spacial score (nSPS) is 12.7. The molecule has 3 rings (SSSR count). The summed E-state index contributed by atoms with van der Waals surface area (Å²) in [5, 5.41) is 3.51. The van der Waals surface area contributed by atoms with Crippen molar-refractivity contribution in [2.24, 2.45) is 0 Å². The van der Waals surface area contributed by atoms with Gasteiger partial charge in [-0.2, -0.15) is 0 Å². The maximum absolute atomic E-state index is 4.73. The minimum atomic E-state index is 0.205. The first-order valence-electron chi connectivity index (χ1n) is 7.38. The Morgan fingerprint density at radius 3 is 2.71 bits per heavy atom. The van der Waals surface area contributed by atoms with E-state index in [1.807, 2.05) is 30.5 Å². The summed E-state index contributed by atoms with van der Waals surface area (Å²) in [7, 11) is 0. The Balaban J connectivity index is 1.79. The van der Waals surface area contributed by atoms with Crippen molar-refractivity contribution < 1.29 is 0 Å². The van der Waals surface area contributed by atoms with Crippen LogP contribution < -0.4 is 5.32 Å². The lowest BCUT2D eigenvalue weighted by molar-refractivity contribution is 0.533. The van der Waals surface area contributed by atoms with Gasteiger partial charge >= 0.3 is 0 Å². The second-order valence-corrected chi connectivity index (χ2v) is 5.12. The molecule has 21 heavy (non-hydrogen) atoms. The first-order chi connectivity index (χ1) is 10.3. The second kappa shape index (κ2) is 6.06. The topological polar surface area (TPSA) is 42.7 Å². The SMILES string of the molecule is CCn1c(CN[C@H](C)c2ccccn2)nc2ccccc21. The zero-order valence-corrected chi connectivity index (χ0v) is 12.5. The summed E-state index contributed by atoms with van der Waals surface area (Å²) in [5.41, 5.74) is 3.31. The van der Waals surface area contributed by atoms with Crippen molar-refractivity contribution in [1.29, 1.82) is 0 Å². The first kappa shape index (κ1) is 13.8. The fourth-order valence-electron chi connectivity index (χ4n) is 2.59. The molecule has 0 aliphatic heterocycles. The third-order valence-corrected chi connectivity index (χ3v) is 3.75. The maximum atomic E-state index is 4.73. The van der Waals surface area contributed by atoms with Gasteiger partial charge in [-0.25, -0.2) is 4.98 Å². The molecule has 0 radical (unpaired) electrons. The van der Waals surface area contributed by atoms with Gasteiger partial charge in [-0.1, -0.05) is 18.2 Å². The highest BCUT2D eigenvalue weighted by Crippen LogP contribution is 2.17. The van der Waals surface area contributed by atoms with E-state index in [-0.39, 0.29) is 6.04 Å². The van der Waals surface area contributed by atoms with Crippen molar-refractivity contribution in [3.8, 4) is 0 Å². The fraction of sp³-hybridized carbons (Fsp3) is 0.294. The minimum Gasteiger partial charge on any atom is -0.327 e. The summed E-state index contributed by atoms with van der Waals surface area (Å²) < 4.78 is 2.26. The molecule has 3 aromatic rings. The molecule has 1 N–H and O–H groups in total. The number of aryl methyl sites for hydroxylation is 1. The van der Waals surface area contributed by atoms with Gasteiger partial charge in [-0.3, -0.25) is 4.98 Å². The van der Waals surface area contributed by atoms with Gasteiger partial charge in [-0.05, 0) is 38.1 Å². The number of benzene rings is 1. The molecular weight excluding hydrogens is 260 g/mol. The Bertz CT molecular complexity index is 718. The van der Waals surface area contributed by atoms with Gasteiger partial charge in [0.25, 0.3) is 0 Å². The monoisotopic (exact) mass is 280 g/mol. The molecule has 108 valence electrons. The third-order valence-electron chi connectivity index (χ3n) is 3.75. The highest BCUT2D eigenvalue weighted by Gasteiger charge is 2.11. The Kier molecular flexibility index (Phi) is 3.97. The lowest BCUT2D eigenvalue weighted by Gasteiger charge is -2.13. The van der Waals surface area contributed by atoms with E-state index in [1.165, 1.54) is 5.52 Å². The van der Waals surface area contributed by atoms with Gasteiger partial charge in [0.05, 0.1) is 23.3 Å². The molecule has 1 atom stereocenters. The van der Waals surface area contributed by atoms with E-state index in [9.17, 15) is 0 Å². The van der Waals surface area contributed by atoms with E-state index < -0.39 is 0 Å². The number of hydrogen-bond donors (Lipinski definition) is 1. The summed E-state index contributed by atoms with van der Waals surface area (Å²) >= 11 is 0. The van der Waals surface area contributed by atoms with Crippen molar-refractivity contribution in [3.05, 3.63) is 60.2 Å². The summed E-state index contributed by atoms with van der Waals surface area (Å²) in [5.74, 6) is 1.07. The van der Waals surface area contributed by atoms with Crippen LogP contribution in [-0.4, -0.2) is 14.5 Å². The summed E-state index contributed by atoms with van der Waals surface area (Å²) in [6, 6.07) is 14.5. The van der Waals surface area contributed by atoms with E-state index >= 15 is 0 Å². The van der Waals surface area contributed by atoms with Crippen molar-refractivity contribution in [3.63, 3.8) is 0 Å². The van der Waals surface area contributed by atoms with Gasteiger partial charge in [0.2, 0.25) is 0 Å².